The zero-order valence-electron chi connectivity index (χ0n) is 13.2. The van der Waals surface area contributed by atoms with Gasteiger partial charge in [-0.2, -0.15) is 0 Å². The first-order valence-electron chi connectivity index (χ1n) is 7.81. The molecule has 118 valence electrons. The Balaban J connectivity index is 1.57. The van der Waals surface area contributed by atoms with Crippen molar-refractivity contribution >= 4 is 39.4 Å². The molecule has 1 heterocycles. The lowest BCUT2D eigenvalue weighted by atomic mass is 10.0. The maximum Gasteiger partial charge on any atom is 0.173 e. The number of carbonyl (C=O) groups is 1. The lowest BCUT2D eigenvalue weighted by molar-refractivity contribution is 0.102. The van der Waals surface area contributed by atoms with Crippen LogP contribution in [0.5, 0.6) is 0 Å². The second-order valence-electron chi connectivity index (χ2n) is 5.80. The van der Waals surface area contributed by atoms with Gasteiger partial charge in [0.25, 0.3) is 0 Å². The van der Waals surface area contributed by atoms with E-state index >= 15 is 0 Å². The van der Waals surface area contributed by atoms with Crippen molar-refractivity contribution in [2.75, 3.05) is 5.75 Å². The van der Waals surface area contributed by atoms with Gasteiger partial charge >= 0.3 is 0 Å². The molecule has 3 aromatic carbocycles. The van der Waals surface area contributed by atoms with Gasteiger partial charge in [0.05, 0.1) is 16.8 Å². The number of fused-ring (bicyclic) bond motifs is 2. The van der Waals surface area contributed by atoms with Gasteiger partial charge in [0.1, 0.15) is 0 Å². The molecule has 0 spiro atoms. The molecule has 4 aromatic rings. The highest BCUT2D eigenvalue weighted by Crippen LogP contribution is 2.24. The SMILES string of the molecule is Cc1ccc2nc(SCC(=O)c3cccc4ccccc34)[nH]c2c1. The Morgan fingerprint density at radius 3 is 2.83 bits per heavy atom. The molecule has 4 rings (SSSR count). The molecule has 0 amide bonds. The number of imidazole rings is 1. The summed E-state index contributed by atoms with van der Waals surface area (Å²) in [6.45, 7) is 2.05. The van der Waals surface area contributed by atoms with Crippen LogP contribution in [-0.4, -0.2) is 21.5 Å². The number of rotatable bonds is 4. The Morgan fingerprint density at radius 2 is 1.92 bits per heavy atom. The third kappa shape index (κ3) is 2.81. The number of aromatic amines is 1. The van der Waals surface area contributed by atoms with Crippen LogP contribution in [0.1, 0.15) is 15.9 Å². The highest BCUT2D eigenvalue weighted by Gasteiger charge is 2.12. The standard InChI is InChI=1S/C20H16N2OS/c1-13-9-10-17-18(11-13)22-20(21-17)24-12-19(23)16-8-4-6-14-5-2-3-7-15(14)16/h2-11H,12H2,1H3,(H,21,22). The first kappa shape index (κ1) is 15.0. The van der Waals surface area contributed by atoms with E-state index in [1.807, 2.05) is 54.6 Å². The topological polar surface area (TPSA) is 45.8 Å². The second kappa shape index (κ2) is 6.13. The fourth-order valence-electron chi connectivity index (χ4n) is 2.85. The molecule has 4 heteroatoms. The van der Waals surface area contributed by atoms with E-state index in [0.717, 1.165) is 32.5 Å². The second-order valence-corrected chi connectivity index (χ2v) is 6.77. The molecule has 0 atom stereocenters. The van der Waals surface area contributed by atoms with Gasteiger partial charge in [-0.3, -0.25) is 4.79 Å². The molecule has 0 aliphatic rings. The number of hydrogen-bond donors (Lipinski definition) is 1. The number of hydrogen-bond acceptors (Lipinski definition) is 3. The van der Waals surface area contributed by atoms with E-state index < -0.39 is 0 Å². The summed E-state index contributed by atoms with van der Waals surface area (Å²) in [5, 5.41) is 2.88. The minimum absolute atomic E-state index is 0.119. The third-order valence-corrected chi connectivity index (χ3v) is 4.92. The normalized spacial score (nSPS) is 11.2. The number of aryl methyl sites for hydroxylation is 1. The van der Waals surface area contributed by atoms with Gasteiger partial charge in [0.2, 0.25) is 0 Å². The minimum Gasteiger partial charge on any atom is -0.333 e. The smallest absolute Gasteiger partial charge is 0.173 e. The number of aromatic nitrogens is 2. The van der Waals surface area contributed by atoms with Crippen molar-refractivity contribution in [3.05, 3.63) is 71.8 Å². The molecule has 3 nitrogen and oxygen atoms in total. The Morgan fingerprint density at radius 1 is 1.08 bits per heavy atom. The summed E-state index contributed by atoms with van der Waals surface area (Å²) < 4.78 is 0. The minimum atomic E-state index is 0.119. The fraction of sp³-hybridized carbons (Fsp3) is 0.100. The van der Waals surface area contributed by atoms with E-state index in [-0.39, 0.29) is 5.78 Å². The number of nitrogens with one attached hydrogen (secondary N) is 1. The quantitative estimate of drug-likeness (QED) is 0.422. The van der Waals surface area contributed by atoms with Gasteiger partial charge in [-0.15, -0.1) is 0 Å². The molecule has 1 aromatic heterocycles. The van der Waals surface area contributed by atoms with Gasteiger partial charge in [0.15, 0.2) is 10.9 Å². The van der Waals surface area contributed by atoms with Gasteiger partial charge in [-0.05, 0) is 35.4 Å². The van der Waals surface area contributed by atoms with Crippen molar-refractivity contribution in [1.82, 2.24) is 9.97 Å². The first-order valence-corrected chi connectivity index (χ1v) is 8.79. The number of thioether (sulfide) groups is 1. The molecule has 0 saturated heterocycles. The van der Waals surface area contributed by atoms with Crippen LogP contribution in [-0.2, 0) is 0 Å². The van der Waals surface area contributed by atoms with E-state index in [9.17, 15) is 4.79 Å². The fourth-order valence-corrected chi connectivity index (χ4v) is 3.62. The Hall–Kier alpha value is -2.59. The summed E-state index contributed by atoms with van der Waals surface area (Å²) in [6.07, 6.45) is 0. The Kier molecular flexibility index (Phi) is 3.82. The molecular formula is C20H16N2OS. The number of carbonyl (C=O) groups excluding carboxylic acids is 1. The lowest BCUT2D eigenvalue weighted by Crippen LogP contribution is -2.03. The summed E-state index contributed by atoms with van der Waals surface area (Å²) in [5.41, 5.74) is 3.90. The van der Waals surface area contributed by atoms with Crippen LogP contribution < -0.4 is 0 Å². The van der Waals surface area contributed by atoms with Crippen molar-refractivity contribution < 1.29 is 4.79 Å². The maximum absolute atomic E-state index is 12.6. The van der Waals surface area contributed by atoms with Crippen molar-refractivity contribution in [2.45, 2.75) is 12.1 Å². The van der Waals surface area contributed by atoms with E-state index in [4.69, 9.17) is 0 Å². The van der Waals surface area contributed by atoms with Crippen LogP contribution >= 0.6 is 11.8 Å². The van der Waals surface area contributed by atoms with Gasteiger partial charge in [0, 0.05) is 5.56 Å². The van der Waals surface area contributed by atoms with Crippen LogP contribution in [0.25, 0.3) is 21.8 Å². The average Bonchev–Trinajstić information content (AvgIpc) is 3.01. The van der Waals surface area contributed by atoms with Crippen LogP contribution in [0.3, 0.4) is 0 Å². The van der Waals surface area contributed by atoms with Crippen molar-refractivity contribution in [3.8, 4) is 0 Å². The predicted octanol–water partition coefficient (Wildman–Crippen LogP) is 5.00. The van der Waals surface area contributed by atoms with E-state index in [0.29, 0.717) is 5.75 Å². The number of nitrogens with zero attached hydrogens (tertiary/aromatic N) is 1. The van der Waals surface area contributed by atoms with Crippen LogP contribution in [0.4, 0.5) is 0 Å². The first-order chi connectivity index (χ1) is 11.7. The molecular weight excluding hydrogens is 316 g/mol. The highest BCUT2D eigenvalue weighted by molar-refractivity contribution is 7.99. The molecule has 0 saturated carbocycles. The van der Waals surface area contributed by atoms with Gasteiger partial charge in [-0.1, -0.05) is 60.3 Å². The molecule has 24 heavy (non-hydrogen) atoms. The molecule has 1 N–H and O–H groups in total. The predicted molar refractivity (Wildman–Crippen MR) is 99.8 cm³/mol. The number of H-pyrrole nitrogens is 1. The van der Waals surface area contributed by atoms with E-state index in [2.05, 4.69) is 23.0 Å². The number of ketones is 1. The molecule has 0 aliphatic carbocycles. The van der Waals surface area contributed by atoms with Crippen LogP contribution in [0.2, 0.25) is 0 Å². The monoisotopic (exact) mass is 332 g/mol. The highest BCUT2D eigenvalue weighted by atomic mass is 32.2. The summed E-state index contributed by atoms with van der Waals surface area (Å²) in [7, 11) is 0. The summed E-state index contributed by atoms with van der Waals surface area (Å²) >= 11 is 1.45. The van der Waals surface area contributed by atoms with Gasteiger partial charge in [-0.25, -0.2) is 4.98 Å². The van der Waals surface area contributed by atoms with Crippen LogP contribution in [0, 0.1) is 6.92 Å². The molecule has 0 unspecified atom stereocenters. The molecule has 0 bridgehead atoms. The third-order valence-electron chi connectivity index (χ3n) is 4.05. The van der Waals surface area contributed by atoms with Gasteiger partial charge < -0.3 is 4.98 Å². The number of Topliss-reactive ketones (excluding diaryl/α,β-unsaturated/α-hetero) is 1. The van der Waals surface area contributed by atoms with Crippen LogP contribution in [0.15, 0.2) is 65.8 Å². The Labute approximate surface area is 144 Å². The van der Waals surface area contributed by atoms with E-state index in [1.54, 1.807) is 0 Å². The molecule has 0 fully saturated rings. The summed E-state index contributed by atoms with van der Waals surface area (Å²) in [5.74, 6) is 0.487. The number of benzene rings is 3. The summed E-state index contributed by atoms with van der Waals surface area (Å²) in [6, 6.07) is 19.9. The Bertz CT molecular complexity index is 1050. The lowest BCUT2D eigenvalue weighted by Gasteiger charge is -2.04. The zero-order valence-corrected chi connectivity index (χ0v) is 14.1. The van der Waals surface area contributed by atoms with Crippen molar-refractivity contribution in [1.29, 1.82) is 0 Å². The molecule has 0 aliphatic heterocycles. The molecule has 0 radical (unpaired) electrons. The zero-order chi connectivity index (χ0) is 16.5. The van der Waals surface area contributed by atoms with E-state index in [1.165, 1.54) is 17.3 Å². The largest absolute Gasteiger partial charge is 0.333 e. The van der Waals surface area contributed by atoms with Crippen molar-refractivity contribution in [2.24, 2.45) is 0 Å². The van der Waals surface area contributed by atoms with Crippen molar-refractivity contribution in [3.63, 3.8) is 0 Å². The average molecular weight is 332 g/mol. The maximum atomic E-state index is 12.6. The summed E-state index contributed by atoms with van der Waals surface area (Å²) in [4.78, 5) is 20.5.